The molecular weight excluding hydrogens is 233 g/mol. The van der Waals surface area contributed by atoms with Gasteiger partial charge in [-0.3, -0.25) is 4.79 Å². The first-order valence-electron chi connectivity index (χ1n) is 6.17. The number of hydrogen-bond donors (Lipinski definition) is 1. The molecule has 1 aliphatic heterocycles. The van der Waals surface area contributed by atoms with Gasteiger partial charge in [-0.1, -0.05) is 6.07 Å². The Morgan fingerprint density at radius 3 is 2.67 bits per heavy atom. The first-order valence-corrected chi connectivity index (χ1v) is 6.17. The number of nitrogens with one attached hydrogen (secondary N) is 1. The summed E-state index contributed by atoms with van der Waals surface area (Å²) >= 11 is 0. The lowest BCUT2D eigenvalue weighted by Gasteiger charge is -2.34. The van der Waals surface area contributed by atoms with Crippen LogP contribution in [0.15, 0.2) is 18.2 Å². The van der Waals surface area contributed by atoms with Crippen molar-refractivity contribution >= 4 is 5.91 Å². The normalized spacial score (nSPS) is 18.4. The monoisotopic (exact) mass is 251 g/mol. The molecule has 98 valence electrons. The second kappa shape index (κ2) is 5.06. The maximum Gasteiger partial charge on any atom is 0.254 e. The Hall–Kier alpha value is -1.42. The second-order valence-electron chi connectivity index (χ2n) is 5.11. The van der Waals surface area contributed by atoms with Crippen LogP contribution in [0.3, 0.4) is 0 Å². The van der Waals surface area contributed by atoms with Crippen molar-refractivity contribution < 1.29 is 13.9 Å². The highest BCUT2D eigenvalue weighted by Crippen LogP contribution is 2.21. The highest BCUT2D eigenvalue weighted by Gasteiger charge is 2.29. The van der Waals surface area contributed by atoms with Gasteiger partial charge in [0, 0.05) is 18.8 Å². The van der Waals surface area contributed by atoms with Gasteiger partial charge in [0.2, 0.25) is 0 Å². The fraction of sp³-hybridized carbons (Fsp3) is 0.500. The van der Waals surface area contributed by atoms with Crippen LogP contribution in [0.1, 0.15) is 35.7 Å². The average Bonchev–Trinajstić information content (AvgIpc) is 2.28. The molecule has 1 aliphatic rings. The summed E-state index contributed by atoms with van der Waals surface area (Å²) in [6.07, 6.45) is 1.51. The van der Waals surface area contributed by atoms with Gasteiger partial charge in [0.05, 0.1) is 5.56 Å². The smallest absolute Gasteiger partial charge is 0.254 e. The fourth-order valence-corrected chi connectivity index (χ4v) is 2.09. The van der Waals surface area contributed by atoms with Crippen LogP contribution < -0.4 is 5.32 Å². The summed E-state index contributed by atoms with van der Waals surface area (Å²) in [5.74, 6) is -0.819. The third-order valence-electron chi connectivity index (χ3n) is 3.38. The van der Waals surface area contributed by atoms with Gasteiger partial charge < -0.3 is 10.1 Å². The minimum atomic E-state index is -0.469. The molecule has 2 rings (SSSR count). The summed E-state index contributed by atoms with van der Waals surface area (Å²) in [5.41, 5.74) is 0.613. The van der Waals surface area contributed by atoms with E-state index in [1.807, 2.05) is 6.92 Å². The van der Waals surface area contributed by atoms with Crippen molar-refractivity contribution in [2.75, 3.05) is 13.2 Å². The molecule has 1 amide bonds. The molecule has 1 aromatic rings. The Labute approximate surface area is 106 Å². The first kappa shape index (κ1) is 13.0. The van der Waals surface area contributed by atoms with E-state index in [0.29, 0.717) is 13.2 Å². The molecule has 4 heteroatoms. The number of benzene rings is 1. The van der Waals surface area contributed by atoms with E-state index in [9.17, 15) is 9.18 Å². The molecule has 0 aromatic heterocycles. The van der Waals surface area contributed by atoms with Gasteiger partial charge in [0.25, 0.3) is 5.91 Å². The predicted octanol–water partition coefficient (Wildman–Crippen LogP) is 2.43. The van der Waals surface area contributed by atoms with Crippen LogP contribution in [0.5, 0.6) is 0 Å². The molecule has 0 spiro atoms. The van der Waals surface area contributed by atoms with Gasteiger partial charge in [0.1, 0.15) is 5.82 Å². The van der Waals surface area contributed by atoms with Crippen molar-refractivity contribution in [3.8, 4) is 0 Å². The highest BCUT2D eigenvalue weighted by molar-refractivity contribution is 5.95. The van der Waals surface area contributed by atoms with Crippen LogP contribution in [-0.2, 0) is 4.74 Å². The van der Waals surface area contributed by atoms with Crippen LogP contribution in [0, 0.1) is 12.7 Å². The number of carbonyl (C=O) groups excluding carboxylic acids is 1. The van der Waals surface area contributed by atoms with Crippen molar-refractivity contribution in [1.29, 1.82) is 0 Å². The number of aryl methyl sites for hydroxylation is 1. The number of ether oxygens (including phenoxy) is 1. The molecule has 1 fully saturated rings. The number of carbonyl (C=O) groups is 1. The molecule has 0 aliphatic carbocycles. The van der Waals surface area contributed by atoms with E-state index in [4.69, 9.17) is 4.74 Å². The minimum Gasteiger partial charge on any atom is -0.381 e. The van der Waals surface area contributed by atoms with Gasteiger partial charge in [-0.25, -0.2) is 4.39 Å². The molecule has 1 aromatic carbocycles. The van der Waals surface area contributed by atoms with Gasteiger partial charge in [0.15, 0.2) is 0 Å². The first-order chi connectivity index (χ1) is 8.50. The Kier molecular flexibility index (Phi) is 3.66. The summed E-state index contributed by atoms with van der Waals surface area (Å²) in [7, 11) is 0. The quantitative estimate of drug-likeness (QED) is 0.876. The molecule has 0 bridgehead atoms. The van der Waals surface area contributed by atoms with Crippen LogP contribution in [-0.4, -0.2) is 24.7 Å². The summed E-state index contributed by atoms with van der Waals surface area (Å²) < 4.78 is 19.0. The summed E-state index contributed by atoms with van der Waals surface area (Å²) in [5, 5.41) is 2.91. The lowest BCUT2D eigenvalue weighted by atomic mass is 9.92. The number of rotatable bonds is 2. The number of amides is 1. The van der Waals surface area contributed by atoms with Crippen LogP contribution in [0.4, 0.5) is 4.39 Å². The fourth-order valence-electron chi connectivity index (χ4n) is 2.09. The van der Waals surface area contributed by atoms with Gasteiger partial charge >= 0.3 is 0 Å². The summed E-state index contributed by atoms with van der Waals surface area (Å²) in [4.78, 5) is 12.1. The summed E-state index contributed by atoms with van der Waals surface area (Å²) in [6.45, 7) is 5.03. The molecule has 1 heterocycles. The van der Waals surface area contributed by atoms with E-state index >= 15 is 0 Å². The standard InChI is InChI=1S/C14H18FNO2/c1-10-3-4-11(12(15)9-10)13(17)16-14(2)5-7-18-8-6-14/h3-4,9H,5-8H2,1-2H3,(H,16,17). The Morgan fingerprint density at radius 2 is 2.06 bits per heavy atom. The van der Waals surface area contributed by atoms with E-state index in [-0.39, 0.29) is 17.0 Å². The van der Waals surface area contributed by atoms with E-state index in [0.717, 1.165) is 18.4 Å². The maximum atomic E-state index is 13.7. The molecular formula is C14H18FNO2. The molecule has 0 unspecified atom stereocenters. The molecule has 3 nitrogen and oxygen atoms in total. The zero-order valence-electron chi connectivity index (χ0n) is 10.8. The molecule has 1 saturated heterocycles. The van der Waals surface area contributed by atoms with E-state index in [1.54, 1.807) is 13.0 Å². The van der Waals surface area contributed by atoms with E-state index in [2.05, 4.69) is 5.32 Å². The average molecular weight is 251 g/mol. The molecule has 0 saturated carbocycles. The lowest BCUT2D eigenvalue weighted by molar-refractivity contribution is 0.0422. The Bertz CT molecular complexity index is 453. The third-order valence-corrected chi connectivity index (χ3v) is 3.38. The SMILES string of the molecule is Cc1ccc(C(=O)NC2(C)CCOCC2)c(F)c1. The largest absolute Gasteiger partial charge is 0.381 e. The molecule has 0 atom stereocenters. The van der Waals surface area contributed by atoms with Crippen molar-refractivity contribution in [1.82, 2.24) is 5.32 Å². The van der Waals surface area contributed by atoms with E-state index < -0.39 is 5.82 Å². The zero-order chi connectivity index (χ0) is 13.2. The van der Waals surface area contributed by atoms with Crippen molar-refractivity contribution in [3.05, 3.63) is 35.1 Å². The Morgan fingerprint density at radius 1 is 1.39 bits per heavy atom. The minimum absolute atomic E-state index is 0.105. The maximum absolute atomic E-state index is 13.7. The van der Waals surface area contributed by atoms with Gasteiger partial charge in [-0.05, 0) is 44.4 Å². The van der Waals surface area contributed by atoms with Crippen LogP contribution in [0.25, 0.3) is 0 Å². The van der Waals surface area contributed by atoms with Crippen LogP contribution >= 0.6 is 0 Å². The van der Waals surface area contributed by atoms with E-state index in [1.165, 1.54) is 12.1 Å². The third kappa shape index (κ3) is 2.88. The Balaban J connectivity index is 2.11. The number of halogens is 1. The van der Waals surface area contributed by atoms with Gasteiger partial charge in [-0.2, -0.15) is 0 Å². The molecule has 18 heavy (non-hydrogen) atoms. The van der Waals surface area contributed by atoms with Crippen molar-refractivity contribution in [3.63, 3.8) is 0 Å². The van der Waals surface area contributed by atoms with Crippen LogP contribution in [0.2, 0.25) is 0 Å². The topological polar surface area (TPSA) is 38.3 Å². The number of hydrogen-bond acceptors (Lipinski definition) is 2. The highest BCUT2D eigenvalue weighted by atomic mass is 19.1. The summed E-state index contributed by atoms with van der Waals surface area (Å²) in [6, 6.07) is 4.65. The van der Waals surface area contributed by atoms with Crippen molar-refractivity contribution in [2.45, 2.75) is 32.2 Å². The molecule has 1 N–H and O–H groups in total. The van der Waals surface area contributed by atoms with Crippen molar-refractivity contribution in [2.24, 2.45) is 0 Å². The second-order valence-corrected chi connectivity index (χ2v) is 5.11. The zero-order valence-corrected chi connectivity index (χ0v) is 10.8. The lowest BCUT2D eigenvalue weighted by Crippen LogP contribution is -2.49. The van der Waals surface area contributed by atoms with Gasteiger partial charge in [-0.15, -0.1) is 0 Å². The molecule has 0 radical (unpaired) electrons. The predicted molar refractivity (Wildman–Crippen MR) is 67.1 cm³/mol.